The topological polar surface area (TPSA) is 58.6 Å². The molecule has 0 aliphatic rings. The van der Waals surface area contributed by atoms with Gasteiger partial charge in [-0.3, -0.25) is 0 Å². The van der Waals surface area contributed by atoms with Crippen molar-refractivity contribution >= 4 is 5.97 Å². The van der Waals surface area contributed by atoms with Crippen molar-refractivity contribution in [3.05, 3.63) is 35.4 Å². The number of carboxylic acids is 1. The summed E-state index contributed by atoms with van der Waals surface area (Å²) >= 11 is 0. The second kappa shape index (κ2) is 7.86. The number of alkyl halides is 3. The molecule has 0 aromatic heterocycles. The summed E-state index contributed by atoms with van der Waals surface area (Å²) in [6.07, 6.45) is -3.82. The van der Waals surface area contributed by atoms with Crippen LogP contribution in [0.5, 0.6) is 0 Å². The van der Waals surface area contributed by atoms with Crippen molar-refractivity contribution in [3.63, 3.8) is 0 Å². The quantitative estimate of drug-likeness (QED) is 0.720. The standard InChI is InChI=1S/C13H16F3NO3/c14-13(15,16)9-20-8-7-17-6-5-10-3-1-2-4-11(10)12(18)19/h1-4,17H,5-9H2,(H,18,19). The molecule has 112 valence electrons. The minimum absolute atomic E-state index is 0.0416. The maximum Gasteiger partial charge on any atom is 0.411 e. The molecule has 0 fully saturated rings. The van der Waals surface area contributed by atoms with Crippen molar-refractivity contribution in [1.29, 1.82) is 0 Å². The summed E-state index contributed by atoms with van der Waals surface area (Å²) < 4.78 is 39.7. The lowest BCUT2D eigenvalue weighted by Crippen LogP contribution is -2.25. The Morgan fingerprint density at radius 3 is 2.60 bits per heavy atom. The van der Waals surface area contributed by atoms with Gasteiger partial charge in [-0.2, -0.15) is 13.2 Å². The molecule has 0 amide bonds. The Bertz CT molecular complexity index is 435. The summed E-state index contributed by atoms with van der Waals surface area (Å²) in [5.41, 5.74) is 0.923. The first kappa shape index (κ1) is 16.5. The van der Waals surface area contributed by atoms with Gasteiger partial charge in [0.15, 0.2) is 0 Å². The molecular weight excluding hydrogens is 275 g/mol. The fourth-order valence-electron chi connectivity index (χ4n) is 1.63. The molecule has 2 N–H and O–H groups in total. The Hall–Kier alpha value is -1.60. The van der Waals surface area contributed by atoms with Crippen molar-refractivity contribution in [2.24, 2.45) is 0 Å². The van der Waals surface area contributed by atoms with Gasteiger partial charge in [0.2, 0.25) is 0 Å². The van der Waals surface area contributed by atoms with Gasteiger partial charge in [-0.05, 0) is 24.6 Å². The van der Waals surface area contributed by atoms with Crippen LogP contribution < -0.4 is 5.32 Å². The average Bonchev–Trinajstić information content (AvgIpc) is 2.36. The number of hydrogen-bond donors (Lipinski definition) is 2. The summed E-state index contributed by atoms with van der Waals surface area (Å²) in [6, 6.07) is 6.62. The number of aromatic carboxylic acids is 1. The van der Waals surface area contributed by atoms with Gasteiger partial charge in [0.25, 0.3) is 0 Å². The van der Waals surface area contributed by atoms with Crippen molar-refractivity contribution in [2.75, 3.05) is 26.3 Å². The van der Waals surface area contributed by atoms with E-state index in [0.717, 1.165) is 0 Å². The molecule has 0 unspecified atom stereocenters. The van der Waals surface area contributed by atoms with Crippen LogP contribution in [0.15, 0.2) is 24.3 Å². The maximum atomic E-state index is 11.8. The summed E-state index contributed by atoms with van der Waals surface area (Å²) in [4.78, 5) is 10.9. The number of benzene rings is 1. The molecule has 0 heterocycles. The summed E-state index contributed by atoms with van der Waals surface area (Å²) in [5, 5.41) is 11.9. The van der Waals surface area contributed by atoms with Gasteiger partial charge in [-0.15, -0.1) is 0 Å². The number of halogens is 3. The molecule has 1 aromatic carbocycles. The van der Waals surface area contributed by atoms with Crippen molar-refractivity contribution in [2.45, 2.75) is 12.6 Å². The molecular formula is C13H16F3NO3. The van der Waals surface area contributed by atoms with Crippen LogP contribution in [0, 0.1) is 0 Å². The van der Waals surface area contributed by atoms with E-state index < -0.39 is 18.8 Å². The Kier molecular flexibility index (Phi) is 6.47. The minimum Gasteiger partial charge on any atom is -0.478 e. The molecule has 0 radical (unpaired) electrons. The van der Waals surface area contributed by atoms with E-state index in [1.54, 1.807) is 18.2 Å². The van der Waals surface area contributed by atoms with E-state index in [1.807, 2.05) is 0 Å². The second-order valence-corrected chi connectivity index (χ2v) is 4.13. The first-order valence-electron chi connectivity index (χ1n) is 6.06. The largest absolute Gasteiger partial charge is 0.478 e. The second-order valence-electron chi connectivity index (χ2n) is 4.13. The van der Waals surface area contributed by atoms with E-state index in [-0.39, 0.29) is 18.7 Å². The SMILES string of the molecule is O=C(O)c1ccccc1CCNCCOCC(F)(F)F. The van der Waals surface area contributed by atoms with Crippen LogP contribution in [0.25, 0.3) is 0 Å². The van der Waals surface area contributed by atoms with E-state index in [0.29, 0.717) is 18.5 Å². The highest BCUT2D eigenvalue weighted by Gasteiger charge is 2.27. The van der Waals surface area contributed by atoms with Gasteiger partial charge in [-0.1, -0.05) is 18.2 Å². The van der Waals surface area contributed by atoms with Crippen LogP contribution in [-0.4, -0.2) is 43.6 Å². The third kappa shape index (κ3) is 6.53. The molecule has 0 atom stereocenters. The van der Waals surface area contributed by atoms with Gasteiger partial charge >= 0.3 is 12.1 Å². The van der Waals surface area contributed by atoms with E-state index >= 15 is 0 Å². The van der Waals surface area contributed by atoms with E-state index in [9.17, 15) is 18.0 Å². The fraction of sp³-hybridized carbons (Fsp3) is 0.462. The molecule has 4 nitrogen and oxygen atoms in total. The van der Waals surface area contributed by atoms with Crippen LogP contribution in [0.4, 0.5) is 13.2 Å². The Balaban J connectivity index is 2.20. The zero-order valence-electron chi connectivity index (χ0n) is 10.7. The zero-order valence-corrected chi connectivity index (χ0v) is 10.7. The summed E-state index contributed by atoms with van der Waals surface area (Å²) in [6.45, 7) is -0.540. The number of ether oxygens (including phenoxy) is 1. The molecule has 20 heavy (non-hydrogen) atoms. The number of carbonyl (C=O) groups is 1. The number of nitrogens with one attached hydrogen (secondary N) is 1. The highest BCUT2D eigenvalue weighted by atomic mass is 19.4. The van der Waals surface area contributed by atoms with Gasteiger partial charge in [-0.25, -0.2) is 4.79 Å². The molecule has 0 saturated heterocycles. The van der Waals surface area contributed by atoms with E-state index in [1.165, 1.54) is 6.07 Å². The lowest BCUT2D eigenvalue weighted by Gasteiger charge is -2.09. The number of hydrogen-bond acceptors (Lipinski definition) is 3. The normalized spacial score (nSPS) is 11.6. The monoisotopic (exact) mass is 291 g/mol. The summed E-state index contributed by atoms with van der Waals surface area (Å²) in [7, 11) is 0. The van der Waals surface area contributed by atoms with Gasteiger partial charge in [0.1, 0.15) is 6.61 Å². The highest BCUT2D eigenvalue weighted by molar-refractivity contribution is 5.89. The predicted molar refractivity (Wildman–Crippen MR) is 66.8 cm³/mol. The third-order valence-electron chi connectivity index (χ3n) is 2.51. The lowest BCUT2D eigenvalue weighted by molar-refractivity contribution is -0.173. The van der Waals surface area contributed by atoms with Gasteiger partial charge in [0.05, 0.1) is 12.2 Å². The molecule has 0 saturated carbocycles. The maximum absolute atomic E-state index is 11.8. The van der Waals surface area contributed by atoms with E-state index in [2.05, 4.69) is 10.1 Å². The smallest absolute Gasteiger partial charge is 0.411 e. The molecule has 0 aliphatic carbocycles. The van der Waals surface area contributed by atoms with Crippen LogP contribution >= 0.6 is 0 Å². The van der Waals surface area contributed by atoms with Crippen molar-refractivity contribution in [1.82, 2.24) is 5.32 Å². The average molecular weight is 291 g/mol. The zero-order chi connectivity index (χ0) is 15.0. The minimum atomic E-state index is -4.31. The molecule has 0 spiro atoms. The molecule has 0 bridgehead atoms. The van der Waals surface area contributed by atoms with Crippen LogP contribution in [0.2, 0.25) is 0 Å². The van der Waals surface area contributed by atoms with E-state index in [4.69, 9.17) is 5.11 Å². The van der Waals surface area contributed by atoms with Crippen molar-refractivity contribution in [3.8, 4) is 0 Å². The first-order chi connectivity index (χ1) is 9.40. The fourth-order valence-corrected chi connectivity index (χ4v) is 1.63. The van der Waals surface area contributed by atoms with Gasteiger partial charge < -0.3 is 15.2 Å². The van der Waals surface area contributed by atoms with Crippen LogP contribution in [-0.2, 0) is 11.2 Å². The van der Waals surface area contributed by atoms with Crippen LogP contribution in [0.3, 0.4) is 0 Å². The lowest BCUT2D eigenvalue weighted by atomic mass is 10.0. The Morgan fingerprint density at radius 2 is 1.95 bits per heavy atom. The Labute approximate surface area is 114 Å². The molecule has 7 heteroatoms. The molecule has 1 rings (SSSR count). The molecule has 0 aliphatic heterocycles. The highest BCUT2D eigenvalue weighted by Crippen LogP contribution is 2.14. The summed E-state index contributed by atoms with van der Waals surface area (Å²) in [5.74, 6) is -0.992. The first-order valence-corrected chi connectivity index (χ1v) is 6.06. The molecule has 1 aromatic rings. The number of rotatable bonds is 8. The van der Waals surface area contributed by atoms with Crippen molar-refractivity contribution < 1.29 is 27.8 Å². The van der Waals surface area contributed by atoms with Crippen LogP contribution in [0.1, 0.15) is 15.9 Å². The predicted octanol–water partition coefficient (Wildman–Crippen LogP) is 2.10. The Morgan fingerprint density at radius 1 is 1.25 bits per heavy atom. The third-order valence-corrected chi connectivity index (χ3v) is 2.51. The van der Waals surface area contributed by atoms with Gasteiger partial charge in [0, 0.05) is 6.54 Å². The number of carboxylic acid groups (broad SMARTS) is 1.